The van der Waals surface area contributed by atoms with E-state index in [1.165, 1.54) is 15.2 Å². The third kappa shape index (κ3) is 2.81. The zero-order chi connectivity index (χ0) is 17.7. The molecule has 2 aliphatic rings. The summed E-state index contributed by atoms with van der Waals surface area (Å²) in [6.45, 7) is 7.10. The first-order valence-electron chi connectivity index (χ1n) is 8.24. The average Bonchev–Trinajstić information content (AvgIpc) is 3.03. The fraction of sp³-hybridized carbons (Fsp3) is 0.412. The van der Waals surface area contributed by atoms with Gasteiger partial charge in [0.05, 0.1) is 19.2 Å². The van der Waals surface area contributed by atoms with Gasteiger partial charge in [-0.2, -0.15) is 9.77 Å². The Labute approximate surface area is 158 Å². The second kappa shape index (κ2) is 6.25. The van der Waals surface area contributed by atoms with Crippen LogP contribution in [0.15, 0.2) is 32.4 Å². The molecule has 0 amide bonds. The Kier molecular flexibility index (Phi) is 4.19. The Bertz CT molecular complexity index is 931. The molecule has 0 N–H and O–H groups in total. The van der Waals surface area contributed by atoms with Gasteiger partial charge in [0.2, 0.25) is 0 Å². The summed E-state index contributed by atoms with van der Waals surface area (Å²) in [4.78, 5) is 14.0. The summed E-state index contributed by atoms with van der Waals surface area (Å²) < 4.78 is 12.1. The first kappa shape index (κ1) is 16.8. The Hall–Kier alpha value is -1.67. The van der Waals surface area contributed by atoms with Gasteiger partial charge in [0.25, 0.3) is 0 Å². The topological polar surface area (TPSA) is 52.3 Å². The van der Waals surface area contributed by atoms with Crippen LogP contribution in [-0.2, 0) is 0 Å². The van der Waals surface area contributed by atoms with Gasteiger partial charge in [0.1, 0.15) is 5.75 Å². The van der Waals surface area contributed by atoms with Gasteiger partial charge in [0.15, 0.2) is 5.82 Å². The van der Waals surface area contributed by atoms with Crippen molar-refractivity contribution in [1.29, 1.82) is 0 Å². The van der Waals surface area contributed by atoms with Gasteiger partial charge in [-0.15, -0.1) is 0 Å². The SMILES string of the molecule is Cc1nn(C(C)C)c(=O)n1N1CC2=C(CCOc3cc(Br)ccc32)S1. The lowest BCUT2D eigenvalue weighted by atomic mass is 10.0. The van der Waals surface area contributed by atoms with Crippen LogP contribution >= 0.6 is 27.9 Å². The van der Waals surface area contributed by atoms with Crippen LogP contribution < -0.4 is 14.8 Å². The molecule has 0 aliphatic carbocycles. The van der Waals surface area contributed by atoms with Gasteiger partial charge in [-0.1, -0.05) is 15.9 Å². The van der Waals surface area contributed by atoms with E-state index in [-0.39, 0.29) is 11.7 Å². The molecule has 1 aromatic heterocycles. The number of hydrogen-bond donors (Lipinski definition) is 0. The summed E-state index contributed by atoms with van der Waals surface area (Å²) in [5.74, 6) is 1.60. The van der Waals surface area contributed by atoms with Crippen molar-refractivity contribution in [3.05, 3.63) is 49.4 Å². The second-order valence-electron chi connectivity index (χ2n) is 6.42. The molecule has 0 fully saturated rings. The van der Waals surface area contributed by atoms with Crippen LogP contribution in [0.5, 0.6) is 5.75 Å². The number of nitrogens with zero attached hydrogens (tertiary/aromatic N) is 4. The first-order valence-corrected chi connectivity index (χ1v) is 9.81. The number of rotatable bonds is 2. The van der Waals surface area contributed by atoms with E-state index >= 15 is 0 Å². The van der Waals surface area contributed by atoms with Gasteiger partial charge < -0.3 is 4.74 Å². The summed E-state index contributed by atoms with van der Waals surface area (Å²) in [5.41, 5.74) is 2.24. The Balaban J connectivity index is 1.72. The monoisotopic (exact) mass is 422 g/mol. The molecule has 0 atom stereocenters. The summed E-state index contributed by atoms with van der Waals surface area (Å²) in [6.07, 6.45) is 0.842. The van der Waals surface area contributed by atoms with Gasteiger partial charge in [0, 0.05) is 33.3 Å². The summed E-state index contributed by atoms with van der Waals surface area (Å²) in [5, 5.41) is 4.41. The minimum Gasteiger partial charge on any atom is -0.493 e. The van der Waals surface area contributed by atoms with Crippen molar-refractivity contribution < 1.29 is 4.74 Å². The molecule has 8 heteroatoms. The largest absolute Gasteiger partial charge is 0.493 e. The zero-order valence-corrected chi connectivity index (χ0v) is 16.7. The van der Waals surface area contributed by atoms with Gasteiger partial charge in [-0.3, -0.25) is 0 Å². The molecule has 0 saturated carbocycles. The highest BCUT2D eigenvalue weighted by Gasteiger charge is 2.31. The molecule has 0 bridgehead atoms. The van der Waals surface area contributed by atoms with Gasteiger partial charge in [-0.25, -0.2) is 13.9 Å². The van der Waals surface area contributed by atoms with Crippen molar-refractivity contribution in [3.8, 4) is 5.75 Å². The van der Waals surface area contributed by atoms with Crippen LogP contribution in [0.25, 0.3) is 5.57 Å². The molecule has 6 nitrogen and oxygen atoms in total. The molecule has 2 aliphatic heterocycles. The number of halogens is 1. The van der Waals surface area contributed by atoms with E-state index < -0.39 is 0 Å². The van der Waals surface area contributed by atoms with Crippen molar-refractivity contribution in [2.45, 2.75) is 33.2 Å². The lowest BCUT2D eigenvalue weighted by molar-refractivity contribution is 0.325. The van der Waals surface area contributed by atoms with E-state index in [1.807, 2.05) is 37.3 Å². The molecule has 0 saturated heterocycles. The van der Waals surface area contributed by atoms with Crippen LogP contribution in [0.3, 0.4) is 0 Å². The standard InChI is InChI=1S/C17H19BrN4O2S/c1-10(2)21-17(23)22(11(3)19-21)20-9-14-13-5-4-12(18)8-15(13)24-7-6-16(14)25-20/h4-5,8,10H,6-7,9H2,1-3H3. The quantitative estimate of drug-likeness (QED) is 0.693. The summed E-state index contributed by atoms with van der Waals surface area (Å²) in [7, 11) is 0. The Morgan fingerprint density at radius 1 is 1.36 bits per heavy atom. The van der Waals surface area contributed by atoms with Crippen molar-refractivity contribution in [2.75, 3.05) is 17.6 Å². The average molecular weight is 423 g/mol. The third-order valence-electron chi connectivity index (χ3n) is 4.35. The molecule has 0 unspecified atom stereocenters. The molecule has 132 valence electrons. The van der Waals surface area contributed by atoms with Gasteiger partial charge in [-0.05, 0) is 44.5 Å². The van der Waals surface area contributed by atoms with E-state index in [1.54, 1.807) is 16.6 Å². The van der Waals surface area contributed by atoms with Crippen molar-refractivity contribution in [2.24, 2.45) is 0 Å². The van der Waals surface area contributed by atoms with Crippen LogP contribution in [0, 0.1) is 6.92 Å². The smallest absolute Gasteiger partial charge is 0.365 e. The lowest BCUT2D eigenvalue weighted by Crippen LogP contribution is -2.38. The third-order valence-corrected chi connectivity index (χ3v) is 6.02. The van der Waals surface area contributed by atoms with E-state index in [0.717, 1.165) is 22.2 Å². The van der Waals surface area contributed by atoms with Gasteiger partial charge >= 0.3 is 5.69 Å². The van der Waals surface area contributed by atoms with E-state index in [4.69, 9.17) is 4.74 Å². The van der Waals surface area contributed by atoms with E-state index in [9.17, 15) is 4.79 Å². The maximum atomic E-state index is 12.7. The van der Waals surface area contributed by atoms with Crippen LogP contribution in [0.1, 0.15) is 37.7 Å². The van der Waals surface area contributed by atoms with Crippen LogP contribution in [0.4, 0.5) is 0 Å². The number of aromatic nitrogens is 3. The first-order chi connectivity index (χ1) is 12.0. The molecule has 0 spiro atoms. The molecular formula is C17H19BrN4O2S. The number of ether oxygens (including phenoxy) is 1. The normalized spacial score (nSPS) is 16.8. The fourth-order valence-electron chi connectivity index (χ4n) is 3.17. The molecular weight excluding hydrogens is 404 g/mol. The molecule has 2 aromatic rings. The number of benzene rings is 1. The second-order valence-corrected chi connectivity index (χ2v) is 8.43. The number of fused-ring (bicyclic) bond motifs is 2. The highest BCUT2D eigenvalue weighted by molar-refractivity contribution is 9.10. The van der Waals surface area contributed by atoms with Crippen LogP contribution in [0.2, 0.25) is 0 Å². The van der Waals surface area contributed by atoms with E-state index in [2.05, 4.69) is 27.1 Å². The number of aryl methyl sites for hydroxylation is 1. The molecule has 25 heavy (non-hydrogen) atoms. The maximum Gasteiger partial charge on any atom is 0.365 e. The predicted octanol–water partition coefficient (Wildman–Crippen LogP) is 3.49. The highest BCUT2D eigenvalue weighted by Crippen LogP contribution is 2.44. The van der Waals surface area contributed by atoms with Crippen LogP contribution in [-0.4, -0.2) is 27.6 Å². The van der Waals surface area contributed by atoms with Crippen molar-refractivity contribution >= 4 is 33.5 Å². The number of hydrogen-bond acceptors (Lipinski definition) is 5. The maximum absolute atomic E-state index is 12.7. The minimum absolute atomic E-state index is 0.0392. The fourth-order valence-corrected chi connectivity index (χ4v) is 4.69. The summed E-state index contributed by atoms with van der Waals surface area (Å²) >= 11 is 5.12. The molecule has 4 rings (SSSR count). The molecule has 1 aromatic carbocycles. The van der Waals surface area contributed by atoms with Crippen molar-refractivity contribution in [1.82, 2.24) is 14.5 Å². The minimum atomic E-state index is -0.0926. The lowest BCUT2D eigenvalue weighted by Gasteiger charge is -2.19. The molecule has 3 heterocycles. The highest BCUT2D eigenvalue weighted by atomic mass is 79.9. The zero-order valence-electron chi connectivity index (χ0n) is 14.3. The predicted molar refractivity (Wildman–Crippen MR) is 103 cm³/mol. The Morgan fingerprint density at radius 3 is 2.88 bits per heavy atom. The Morgan fingerprint density at radius 2 is 2.16 bits per heavy atom. The van der Waals surface area contributed by atoms with Crippen molar-refractivity contribution in [3.63, 3.8) is 0 Å². The summed E-state index contributed by atoms with van der Waals surface area (Å²) in [6, 6.07) is 6.15. The molecule has 0 radical (unpaired) electrons. The van der Waals surface area contributed by atoms with E-state index in [0.29, 0.717) is 19.0 Å².